The molecule has 1 aromatic carbocycles. The van der Waals surface area contributed by atoms with E-state index in [-0.39, 0.29) is 11.9 Å². The molecule has 110 valence electrons. The minimum absolute atomic E-state index is 0.111. The molecule has 0 bridgehead atoms. The normalized spacial score (nSPS) is 20.9. The minimum atomic E-state index is -0.363. The predicted octanol–water partition coefficient (Wildman–Crippen LogP) is 1.40. The number of hydrogen-bond acceptors (Lipinski definition) is 5. The SMILES string of the molecule is COc1ccc(Br)c(CN2CCOC(C(N)=NO)C2)c1. The van der Waals surface area contributed by atoms with Gasteiger partial charge in [0.05, 0.1) is 13.7 Å². The maximum atomic E-state index is 8.72. The molecule has 1 atom stereocenters. The summed E-state index contributed by atoms with van der Waals surface area (Å²) in [6.45, 7) is 2.71. The number of benzene rings is 1. The van der Waals surface area contributed by atoms with Crippen molar-refractivity contribution in [3.8, 4) is 5.75 Å². The first-order chi connectivity index (χ1) is 9.63. The number of nitrogens with two attached hydrogens (primary N) is 1. The van der Waals surface area contributed by atoms with Crippen LogP contribution in [0.15, 0.2) is 27.8 Å². The monoisotopic (exact) mass is 343 g/mol. The van der Waals surface area contributed by atoms with E-state index in [4.69, 9.17) is 20.4 Å². The number of hydrogen-bond donors (Lipinski definition) is 2. The van der Waals surface area contributed by atoms with Gasteiger partial charge in [0.2, 0.25) is 0 Å². The van der Waals surface area contributed by atoms with Crippen LogP contribution in [0, 0.1) is 0 Å². The third-order valence-corrected chi connectivity index (χ3v) is 4.02. The van der Waals surface area contributed by atoms with Crippen molar-refractivity contribution in [1.29, 1.82) is 0 Å². The lowest BCUT2D eigenvalue weighted by molar-refractivity contribution is 0.00133. The highest BCUT2D eigenvalue weighted by atomic mass is 79.9. The highest BCUT2D eigenvalue weighted by molar-refractivity contribution is 9.10. The van der Waals surface area contributed by atoms with Crippen molar-refractivity contribution in [1.82, 2.24) is 4.90 Å². The minimum Gasteiger partial charge on any atom is -0.497 e. The molecule has 20 heavy (non-hydrogen) atoms. The number of oxime groups is 1. The van der Waals surface area contributed by atoms with Crippen molar-refractivity contribution < 1.29 is 14.7 Å². The number of nitrogens with zero attached hydrogens (tertiary/aromatic N) is 2. The molecule has 7 heteroatoms. The zero-order valence-electron chi connectivity index (χ0n) is 11.3. The summed E-state index contributed by atoms with van der Waals surface area (Å²) in [6.07, 6.45) is -0.363. The first kappa shape index (κ1) is 15.1. The van der Waals surface area contributed by atoms with Crippen LogP contribution in [0.1, 0.15) is 5.56 Å². The number of rotatable bonds is 4. The Bertz CT molecular complexity index is 496. The van der Waals surface area contributed by atoms with Crippen LogP contribution in [-0.2, 0) is 11.3 Å². The van der Waals surface area contributed by atoms with Gasteiger partial charge in [0.25, 0.3) is 0 Å². The predicted molar refractivity (Wildman–Crippen MR) is 79.1 cm³/mol. The summed E-state index contributed by atoms with van der Waals surface area (Å²) in [5.41, 5.74) is 6.73. The van der Waals surface area contributed by atoms with Gasteiger partial charge in [0.1, 0.15) is 11.9 Å². The molecular formula is C13H18BrN3O3. The maximum Gasteiger partial charge on any atom is 0.169 e. The molecule has 0 radical (unpaired) electrons. The van der Waals surface area contributed by atoms with Gasteiger partial charge in [-0.2, -0.15) is 0 Å². The average molecular weight is 344 g/mol. The van der Waals surface area contributed by atoms with Crippen LogP contribution < -0.4 is 10.5 Å². The molecular weight excluding hydrogens is 326 g/mol. The van der Waals surface area contributed by atoms with Gasteiger partial charge >= 0.3 is 0 Å². The van der Waals surface area contributed by atoms with Crippen LogP contribution in [0.4, 0.5) is 0 Å². The van der Waals surface area contributed by atoms with Crippen molar-refractivity contribution in [3.63, 3.8) is 0 Å². The highest BCUT2D eigenvalue weighted by Gasteiger charge is 2.24. The van der Waals surface area contributed by atoms with Crippen molar-refractivity contribution in [2.45, 2.75) is 12.6 Å². The van der Waals surface area contributed by atoms with E-state index in [0.29, 0.717) is 13.2 Å². The first-order valence-corrected chi connectivity index (χ1v) is 7.07. The van der Waals surface area contributed by atoms with E-state index in [1.165, 1.54) is 0 Å². The molecule has 2 rings (SSSR count). The molecule has 0 aliphatic carbocycles. The summed E-state index contributed by atoms with van der Waals surface area (Å²) < 4.78 is 11.8. The molecule has 1 saturated heterocycles. The van der Waals surface area contributed by atoms with Crippen molar-refractivity contribution in [2.75, 3.05) is 26.8 Å². The Morgan fingerprint density at radius 3 is 3.15 bits per heavy atom. The van der Waals surface area contributed by atoms with Crippen molar-refractivity contribution >= 4 is 21.8 Å². The van der Waals surface area contributed by atoms with Gasteiger partial charge in [-0.15, -0.1) is 0 Å². The molecule has 0 saturated carbocycles. The zero-order chi connectivity index (χ0) is 14.5. The van der Waals surface area contributed by atoms with Crippen LogP contribution >= 0.6 is 15.9 Å². The summed E-state index contributed by atoms with van der Waals surface area (Å²) in [4.78, 5) is 2.20. The summed E-state index contributed by atoms with van der Waals surface area (Å²) in [6, 6.07) is 5.87. The summed E-state index contributed by atoms with van der Waals surface area (Å²) >= 11 is 3.54. The molecule has 1 aliphatic rings. The molecule has 6 nitrogen and oxygen atoms in total. The number of morpholine rings is 1. The van der Waals surface area contributed by atoms with Gasteiger partial charge in [-0.3, -0.25) is 4.90 Å². The molecule has 0 aromatic heterocycles. The fourth-order valence-electron chi connectivity index (χ4n) is 2.13. The number of amidine groups is 1. The third-order valence-electron chi connectivity index (χ3n) is 3.24. The second-order valence-corrected chi connectivity index (χ2v) is 5.43. The summed E-state index contributed by atoms with van der Waals surface area (Å²) in [5.74, 6) is 0.934. The van der Waals surface area contributed by atoms with Crippen LogP contribution in [-0.4, -0.2) is 48.9 Å². The molecule has 1 aromatic rings. The number of methoxy groups -OCH3 is 1. The van der Waals surface area contributed by atoms with Gasteiger partial charge in [0, 0.05) is 24.1 Å². The van der Waals surface area contributed by atoms with E-state index < -0.39 is 0 Å². The molecule has 1 aliphatic heterocycles. The quantitative estimate of drug-likeness (QED) is 0.374. The maximum absolute atomic E-state index is 8.72. The molecule has 1 fully saturated rings. The first-order valence-electron chi connectivity index (χ1n) is 6.28. The van der Waals surface area contributed by atoms with E-state index in [1.807, 2.05) is 18.2 Å². The summed E-state index contributed by atoms with van der Waals surface area (Å²) in [5, 5.41) is 11.7. The average Bonchev–Trinajstić information content (AvgIpc) is 2.49. The Hall–Kier alpha value is -1.31. The molecule has 1 unspecified atom stereocenters. The summed E-state index contributed by atoms with van der Waals surface area (Å²) in [7, 11) is 1.65. The van der Waals surface area contributed by atoms with Crippen LogP contribution in [0.25, 0.3) is 0 Å². The van der Waals surface area contributed by atoms with Crippen LogP contribution in [0.5, 0.6) is 5.75 Å². The van der Waals surface area contributed by atoms with Gasteiger partial charge in [0.15, 0.2) is 5.84 Å². The van der Waals surface area contributed by atoms with E-state index >= 15 is 0 Å². The van der Waals surface area contributed by atoms with E-state index in [1.54, 1.807) is 7.11 Å². The molecule has 0 amide bonds. The number of halogens is 1. The van der Waals surface area contributed by atoms with E-state index in [0.717, 1.165) is 28.9 Å². The van der Waals surface area contributed by atoms with Gasteiger partial charge in [-0.1, -0.05) is 21.1 Å². The Balaban J connectivity index is 2.06. The van der Waals surface area contributed by atoms with Crippen LogP contribution in [0.3, 0.4) is 0 Å². The largest absolute Gasteiger partial charge is 0.497 e. The lowest BCUT2D eigenvalue weighted by atomic mass is 10.1. The fourth-order valence-corrected chi connectivity index (χ4v) is 2.50. The Morgan fingerprint density at radius 2 is 2.45 bits per heavy atom. The van der Waals surface area contributed by atoms with E-state index in [2.05, 4.69) is 26.0 Å². The van der Waals surface area contributed by atoms with Gasteiger partial charge in [-0.25, -0.2) is 0 Å². The fraction of sp³-hybridized carbons (Fsp3) is 0.462. The molecule has 1 heterocycles. The third kappa shape index (κ3) is 3.62. The van der Waals surface area contributed by atoms with E-state index in [9.17, 15) is 0 Å². The lowest BCUT2D eigenvalue weighted by Gasteiger charge is -2.32. The Morgan fingerprint density at radius 1 is 1.65 bits per heavy atom. The molecule has 0 spiro atoms. The van der Waals surface area contributed by atoms with Crippen molar-refractivity contribution in [2.24, 2.45) is 10.9 Å². The molecule has 3 N–H and O–H groups in total. The lowest BCUT2D eigenvalue weighted by Crippen LogP contribution is -2.48. The second-order valence-electron chi connectivity index (χ2n) is 4.58. The smallest absolute Gasteiger partial charge is 0.169 e. The second kappa shape index (κ2) is 6.92. The van der Waals surface area contributed by atoms with Crippen molar-refractivity contribution in [3.05, 3.63) is 28.2 Å². The highest BCUT2D eigenvalue weighted by Crippen LogP contribution is 2.24. The Kier molecular flexibility index (Phi) is 5.22. The zero-order valence-corrected chi connectivity index (χ0v) is 12.8. The Labute approximate surface area is 126 Å². The topological polar surface area (TPSA) is 80.3 Å². The standard InChI is InChI=1S/C13H18BrN3O3/c1-19-10-2-3-11(14)9(6-10)7-17-4-5-20-12(8-17)13(15)16-18/h2-3,6,12,18H,4-5,7-8H2,1H3,(H2,15,16). The van der Waals surface area contributed by atoms with Crippen LogP contribution in [0.2, 0.25) is 0 Å². The van der Waals surface area contributed by atoms with Gasteiger partial charge in [-0.05, 0) is 23.8 Å². The number of ether oxygens (including phenoxy) is 2. The van der Waals surface area contributed by atoms with Gasteiger partial charge < -0.3 is 20.4 Å².